The minimum Gasteiger partial charge on any atom is -0.353 e. The molecule has 1 saturated carbocycles. The second-order valence-electron chi connectivity index (χ2n) is 7.09. The van der Waals surface area contributed by atoms with Crippen LogP contribution in [0.3, 0.4) is 0 Å². The molecule has 0 bridgehead atoms. The summed E-state index contributed by atoms with van der Waals surface area (Å²) in [6.45, 7) is 13.0. The highest BCUT2D eigenvalue weighted by Crippen LogP contribution is 2.44. The van der Waals surface area contributed by atoms with Crippen molar-refractivity contribution in [2.75, 3.05) is 0 Å². The normalized spacial score (nSPS) is 33.5. The van der Waals surface area contributed by atoms with E-state index in [4.69, 9.17) is 5.73 Å². The first kappa shape index (κ1) is 16.5. The molecule has 3 nitrogen and oxygen atoms in total. The predicted octanol–water partition coefficient (Wildman–Crippen LogP) is 2.94. The lowest BCUT2D eigenvalue weighted by molar-refractivity contribution is -0.133. The zero-order valence-corrected chi connectivity index (χ0v) is 13.5. The molecule has 0 aliphatic heterocycles. The van der Waals surface area contributed by atoms with Crippen LogP contribution in [0.2, 0.25) is 0 Å². The third kappa shape index (κ3) is 3.50. The van der Waals surface area contributed by atoms with Crippen LogP contribution in [-0.2, 0) is 4.79 Å². The Balaban J connectivity index is 2.71. The summed E-state index contributed by atoms with van der Waals surface area (Å²) in [5, 5.41) is 3.21. The van der Waals surface area contributed by atoms with E-state index in [2.05, 4.69) is 46.9 Å². The van der Waals surface area contributed by atoms with Crippen molar-refractivity contribution in [3.05, 3.63) is 0 Å². The number of rotatable bonds is 4. The number of nitrogens with one attached hydrogen (secondary N) is 1. The molecule has 3 N–H and O–H groups in total. The second-order valence-corrected chi connectivity index (χ2v) is 7.09. The Labute approximate surface area is 118 Å². The van der Waals surface area contributed by atoms with Crippen molar-refractivity contribution in [3.8, 4) is 0 Å². The maximum Gasteiger partial charge on any atom is 0.223 e. The third-order valence-corrected chi connectivity index (χ3v) is 5.69. The molecule has 1 aliphatic rings. The van der Waals surface area contributed by atoms with Gasteiger partial charge in [0, 0.05) is 18.0 Å². The zero-order chi connectivity index (χ0) is 14.8. The van der Waals surface area contributed by atoms with E-state index in [1.807, 2.05) is 0 Å². The minimum absolute atomic E-state index is 0.0169. The van der Waals surface area contributed by atoms with Gasteiger partial charge in [0.25, 0.3) is 0 Å². The second kappa shape index (κ2) is 6.25. The van der Waals surface area contributed by atoms with Gasteiger partial charge in [0.15, 0.2) is 0 Å². The molecule has 5 atom stereocenters. The smallest absolute Gasteiger partial charge is 0.223 e. The average Bonchev–Trinajstić information content (AvgIpc) is 2.34. The van der Waals surface area contributed by atoms with Gasteiger partial charge in [-0.2, -0.15) is 0 Å². The third-order valence-electron chi connectivity index (χ3n) is 5.69. The first-order chi connectivity index (χ1) is 8.71. The van der Waals surface area contributed by atoms with Crippen LogP contribution in [0.4, 0.5) is 0 Å². The molecular formula is C16H32N2O. The van der Waals surface area contributed by atoms with Crippen molar-refractivity contribution in [3.63, 3.8) is 0 Å². The van der Waals surface area contributed by atoms with E-state index in [1.54, 1.807) is 0 Å². The first-order valence-electron chi connectivity index (χ1n) is 7.77. The van der Waals surface area contributed by atoms with E-state index >= 15 is 0 Å². The summed E-state index contributed by atoms with van der Waals surface area (Å²) in [6.07, 6.45) is 2.97. The number of hydrogen-bond acceptors (Lipinski definition) is 2. The summed E-state index contributed by atoms with van der Waals surface area (Å²) < 4.78 is 0. The van der Waals surface area contributed by atoms with Gasteiger partial charge in [-0.1, -0.05) is 41.0 Å². The molecule has 5 unspecified atom stereocenters. The summed E-state index contributed by atoms with van der Waals surface area (Å²) in [5.41, 5.74) is 6.14. The molecule has 1 rings (SSSR count). The van der Waals surface area contributed by atoms with E-state index < -0.39 is 0 Å². The Hall–Kier alpha value is -0.570. The molecule has 0 aromatic carbocycles. The number of carbonyl (C=O) groups is 1. The Morgan fingerprint density at radius 2 is 1.95 bits per heavy atom. The zero-order valence-electron chi connectivity index (χ0n) is 13.5. The summed E-state index contributed by atoms with van der Waals surface area (Å²) in [7, 11) is 0. The van der Waals surface area contributed by atoms with Gasteiger partial charge in [0.05, 0.1) is 0 Å². The fourth-order valence-corrected chi connectivity index (χ4v) is 3.14. The quantitative estimate of drug-likeness (QED) is 0.823. The van der Waals surface area contributed by atoms with Crippen molar-refractivity contribution in [2.45, 2.75) is 72.9 Å². The lowest BCUT2D eigenvalue weighted by Gasteiger charge is -2.46. The van der Waals surface area contributed by atoms with Crippen molar-refractivity contribution >= 4 is 5.91 Å². The molecule has 0 aromatic heterocycles. The number of hydrogen-bond donors (Lipinski definition) is 2. The summed E-state index contributed by atoms with van der Waals surface area (Å²) >= 11 is 0. The summed E-state index contributed by atoms with van der Waals surface area (Å²) in [6, 6.07) is 0.477. The fraction of sp³-hybridized carbons (Fsp3) is 0.938. The van der Waals surface area contributed by atoms with Crippen LogP contribution in [0, 0.1) is 23.2 Å². The van der Waals surface area contributed by atoms with Crippen LogP contribution in [-0.4, -0.2) is 18.0 Å². The van der Waals surface area contributed by atoms with Gasteiger partial charge in [-0.15, -0.1) is 0 Å². The number of amides is 1. The van der Waals surface area contributed by atoms with Crippen LogP contribution in [0.25, 0.3) is 0 Å². The van der Waals surface area contributed by atoms with Crippen molar-refractivity contribution in [1.82, 2.24) is 5.32 Å². The Morgan fingerprint density at radius 3 is 2.47 bits per heavy atom. The molecule has 19 heavy (non-hydrogen) atoms. The molecule has 0 aromatic rings. The molecule has 1 fully saturated rings. The van der Waals surface area contributed by atoms with Gasteiger partial charge in [-0.3, -0.25) is 4.79 Å². The van der Waals surface area contributed by atoms with Gasteiger partial charge >= 0.3 is 0 Å². The Kier molecular flexibility index (Phi) is 5.43. The van der Waals surface area contributed by atoms with Crippen LogP contribution in [0.15, 0.2) is 0 Å². The number of nitrogens with two attached hydrogens (primary N) is 1. The molecule has 0 radical (unpaired) electrons. The maximum absolute atomic E-state index is 12.5. The van der Waals surface area contributed by atoms with E-state index in [-0.39, 0.29) is 29.3 Å². The molecule has 1 aliphatic carbocycles. The first-order valence-corrected chi connectivity index (χ1v) is 7.77. The Bertz CT molecular complexity index is 314. The molecule has 1 amide bonds. The van der Waals surface area contributed by atoms with Gasteiger partial charge in [0.1, 0.15) is 0 Å². The fourth-order valence-electron chi connectivity index (χ4n) is 3.14. The predicted molar refractivity (Wildman–Crippen MR) is 80.7 cm³/mol. The van der Waals surface area contributed by atoms with Gasteiger partial charge in [0.2, 0.25) is 5.91 Å². The van der Waals surface area contributed by atoms with Crippen LogP contribution < -0.4 is 11.1 Å². The van der Waals surface area contributed by atoms with E-state index in [9.17, 15) is 4.79 Å². The molecule has 0 saturated heterocycles. The topological polar surface area (TPSA) is 55.1 Å². The van der Waals surface area contributed by atoms with Crippen molar-refractivity contribution in [1.29, 1.82) is 0 Å². The molecule has 3 heteroatoms. The highest BCUT2D eigenvalue weighted by molar-refractivity contribution is 5.80. The van der Waals surface area contributed by atoms with Gasteiger partial charge in [-0.25, -0.2) is 0 Å². The molecule has 0 heterocycles. The standard InChI is InChI=1S/C16H32N2O/c1-7-10(2)12(4)18-15(19)13-8-9-14(17)11(3)16(13,5)6/h10-14H,7-9,17H2,1-6H3,(H,18,19). The largest absolute Gasteiger partial charge is 0.353 e. The van der Waals surface area contributed by atoms with E-state index in [1.165, 1.54) is 0 Å². The maximum atomic E-state index is 12.5. The molecule has 0 spiro atoms. The van der Waals surface area contributed by atoms with Gasteiger partial charge < -0.3 is 11.1 Å². The van der Waals surface area contributed by atoms with Crippen LogP contribution in [0.1, 0.15) is 60.8 Å². The van der Waals surface area contributed by atoms with Crippen molar-refractivity contribution in [2.24, 2.45) is 28.9 Å². The summed E-state index contributed by atoms with van der Waals surface area (Å²) in [4.78, 5) is 12.5. The lowest BCUT2D eigenvalue weighted by atomic mass is 9.61. The summed E-state index contributed by atoms with van der Waals surface area (Å²) in [5.74, 6) is 1.22. The monoisotopic (exact) mass is 268 g/mol. The molecular weight excluding hydrogens is 236 g/mol. The average molecular weight is 268 g/mol. The van der Waals surface area contributed by atoms with E-state index in [0.29, 0.717) is 11.8 Å². The van der Waals surface area contributed by atoms with Gasteiger partial charge in [-0.05, 0) is 37.0 Å². The van der Waals surface area contributed by atoms with Crippen molar-refractivity contribution < 1.29 is 4.79 Å². The number of carbonyl (C=O) groups excluding carboxylic acids is 1. The highest BCUT2D eigenvalue weighted by Gasteiger charge is 2.45. The van der Waals surface area contributed by atoms with Crippen LogP contribution in [0.5, 0.6) is 0 Å². The van der Waals surface area contributed by atoms with E-state index in [0.717, 1.165) is 19.3 Å². The highest BCUT2D eigenvalue weighted by atomic mass is 16.2. The minimum atomic E-state index is -0.0169. The van der Waals surface area contributed by atoms with Crippen LogP contribution >= 0.6 is 0 Å². The SMILES string of the molecule is CCC(C)C(C)NC(=O)C1CCC(N)C(C)C1(C)C. The Morgan fingerprint density at radius 1 is 1.37 bits per heavy atom. The molecule has 112 valence electrons. The lowest BCUT2D eigenvalue weighted by Crippen LogP contribution is -2.53.